The number of nitrogens with one attached hydrogen (secondary N) is 1. The summed E-state index contributed by atoms with van der Waals surface area (Å²) >= 11 is 5.92. The molecule has 4 nitrogen and oxygen atoms in total. The highest BCUT2D eigenvalue weighted by atomic mass is 35.5. The summed E-state index contributed by atoms with van der Waals surface area (Å²) in [5.74, 6) is 0.294. The van der Waals surface area contributed by atoms with Crippen LogP contribution in [0.5, 0.6) is 5.75 Å². The average molecular weight is 317 g/mol. The molecular formula is C17H17ClN2O2. The van der Waals surface area contributed by atoms with E-state index >= 15 is 0 Å². The van der Waals surface area contributed by atoms with Crippen LogP contribution in [-0.2, 0) is 11.2 Å². The number of rotatable bonds is 6. The second-order valence-corrected chi connectivity index (χ2v) is 5.14. The first-order valence-corrected chi connectivity index (χ1v) is 7.26. The normalized spacial score (nSPS) is 10.6. The fourth-order valence-corrected chi connectivity index (χ4v) is 1.89. The maximum atomic E-state index is 11.6. The Morgan fingerprint density at radius 1 is 1.27 bits per heavy atom. The van der Waals surface area contributed by atoms with Gasteiger partial charge >= 0.3 is 0 Å². The second-order valence-electron chi connectivity index (χ2n) is 4.74. The highest BCUT2D eigenvalue weighted by molar-refractivity contribution is 6.31. The highest BCUT2D eigenvalue weighted by Gasteiger charge is 2.03. The van der Waals surface area contributed by atoms with E-state index in [9.17, 15) is 4.79 Å². The van der Waals surface area contributed by atoms with Crippen LogP contribution in [0.2, 0.25) is 5.02 Å². The van der Waals surface area contributed by atoms with Gasteiger partial charge in [0, 0.05) is 17.7 Å². The molecule has 0 bridgehead atoms. The van der Waals surface area contributed by atoms with E-state index < -0.39 is 0 Å². The van der Waals surface area contributed by atoms with Gasteiger partial charge < -0.3 is 4.74 Å². The number of carbonyl (C=O) groups excluding carboxylic acids is 1. The van der Waals surface area contributed by atoms with Crippen molar-refractivity contribution in [3.63, 3.8) is 0 Å². The van der Waals surface area contributed by atoms with Crippen molar-refractivity contribution >= 4 is 23.7 Å². The Bertz CT molecular complexity index is 657. The zero-order valence-corrected chi connectivity index (χ0v) is 13.0. The highest BCUT2D eigenvalue weighted by Crippen LogP contribution is 2.20. The number of aryl methyl sites for hydroxylation is 1. The molecule has 2 aromatic carbocycles. The van der Waals surface area contributed by atoms with Gasteiger partial charge in [-0.1, -0.05) is 41.9 Å². The monoisotopic (exact) mass is 316 g/mol. The van der Waals surface area contributed by atoms with E-state index in [1.165, 1.54) is 0 Å². The molecule has 2 rings (SSSR count). The third kappa shape index (κ3) is 5.22. The zero-order chi connectivity index (χ0) is 15.8. The van der Waals surface area contributed by atoms with Crippen molar-refractivity contribution in [2.24, 2.45) is 5.10 Å². The summed E-state index contributed by atoms with van der Waals surface area (Å²) in [6.07, 6.45) is 2.32. The molecule has 1 N–H and O–H groups in total. The minimum atomic E-state index is -0.308. The van der Waals surface area contributed by atoms with E-state index in [0.717, 1.165) is 11.1 Å². The maximum absolute atomic E-state index is 11.6. The lowest BCUT2D eigenvalue weighted by Gasteiger charge is -2.06. The van der Waals surface area contributed by atoms with Crippen LogP contribution < -0.4 is 10.2 Å². The van der Waals surface area contributed by atoms with Gasteiger partial charge in [0.05, 0.1) is 0 Å². The summed E-state index contributed by atoms with van der Waals surface area (Å²) in [6, 6.07) is 15.1. The van der Waals surface area contributed by atoms with E-state index in [0.29, 0.717) is 17.2 Å². The van der Waals surface area contributed by atoms with Crippen LogP contribution in [0.4, 0.5) is 0 Å². The number of ether oxygens (including phenoxy) is 1. The molecule has 0 heterocycles. The fourth-order valence-electron chi connectivity index (χ4n) is 1.77. The van der Waals surface area contributed by atoms with E-state index in [4.69, 9.17) is 16.3 Å². The molecule has 0 aliphatic rings. The number of hydrazone groups is 1. The number of carbonyl (C=O) groups is 1. The van der Waals surface area contributed by atoms with Crippen molar-refractivity contribution in [3.05, 3.63) is 64.7 Å². The van der Waals surface area contributed by atoms with Gasteiger partial charge in [-0.3, -0.25) is 4.79 Å². The van der Waals surface area contributed by atoms with Gasteiger partial charge in [0.2, 0.25) is 0 Å². The molecule has 22 heavy (non-hydrogen) atoms. The van der Waals surface area contributed by atoms with Gasteiger partial charge in [-0.2, -0.15) is 5.10 Å². The molecule has 0 atom stereocenters. The first kappa shape index (κ1) is 16.0. The van der Waals surface area contributed by atoms with Crippen LogP contribution in [0.25, 0.3) is 0 Å². The Labute approximate surface area is 134 Å². The van der Waals surface area contributed by atoms with Crippen LogP contribution in [0.3, 0.4) is 0 Å². The minimum absolute atomic E-state index is 0.0935. The summed E-state index contributed by atoms with van der Waals surface area (Å²) in [5.41, 5.74) is 4.46. The molecule has 2 aromatic rings. The smallest absolute Gasteiger partial charge is 0.277 e. The second kappa shape index (κ2) is 8.20. The van der Waals surface area contributed by atoms with Crippen LogP contribution in [0, 0.1) is 6.92 Å². The first-order chi connectivity index (χ1) is 10.6. The van der Waals surface area contributed by atoms with Crippen molar-refractivity contribution in [2.45, 2.75) is 13.3 Å². The van der Waals surface area contributed by atoms with Gasteiger partial charge in [0.1, 0.15) is 5.75 Å². The molecule has 0 saturated carbocycles. The Kier molecular flexibility index (Phi) is 5.98. The topological polar surface area (TPSA) is 50.7 Å². The van der Waals surface area contributed by atoms with Gasteiger partial charge in [-0.25, -0.2) is 5.43 Å². The molecule has 0 saturated heterocycles. The average Bonchev–Trinajstić information content (AvgIpc) is 2.54. The molecular weight excluding hydrogens is 300 g/mol. The molecule has 5 heteroatoms. The van der Waals surface area contributed by atoms with Gasteiger partial charge in [-0.15, -0.1) is 0 Å². The number of hydrogen-bond acceptors (Lipinski definition) is 3. The van der Waals surface area contributed by atoms with Crippen molar-refractivity contribution in [3.8, 4) is 5.75 Å². The summed E-state index contributed by atoms with van der Waals surface area (Å²) in [4.78, 5) is 11.6. The molecule has 0 spiro atoms. The zero-order valence-electron chi connectivity index (χ0n) is 12.3. The summed E-state index contributed by atoms with van der Waals surface area (Å²) in [7, 11) is 0. The quantitative estimate of drug-likeness (QED) is 0.656. The predicted molar refractivity (Wildman–Crippen MR) is 88.5 cm³/mol. The number of nitrogens with zero attached hydrogens (tertiary/aromatic N) is 1. The molecule has 114 valence electrons. The molecule has 0 aliphatic carbocycles. The lowest BCUT2D eigenvalue weighted by Crippen LogP contribution is -2.24. The van der Waals surface area contributed by atoms with Crippen molar-refractivity contribution in [1.82, 2.24) is 5.43 Å². The molecule has 0 radical (unpaired) electrons. The van der Waals surface area contributed by atoms with Crippen molar-refractivity contribution in [1.29, 1.82) is 0 Å². The third-order valence-electron chi connectivity index (χ3n) is 2.95. The molecule has 0 aromatic heterocycles. The summed E-state index contributed by atoms with van der Waals surface area (Å²) in [6.45, 7) is 1.78. The van der Waals surface area contributed by atoms with Crippen LogP contribution in [0.1, 0.15) is 11.1 Å². The number of benzene rings is 2. The number of hydrogen-bond donors (Lipinski definition) is 1. The largest absolute Gasteiger partial charge is 0.484 e. The molecule has 0 unspecified atom stereocenters. The predicted octanol–water partition coefficient (Wildman–Crippen LogP) is 3.37. The van der Waals surface area contributed by atoms with Gasteiger partial charge in [0.15, 0.2) is 6.61 Å². The minimum Gasteiger partial charge on any atom is -0.484 e. The van der Waals surface area contributed by atoms with Crippen molar-refractivity contribution in [2.75, 3.05) is 6.61 Å². The molecule has 0 aliphatic heterocycles. The van der Waals surface area contributed by atoms with E-state index in [1.54, 1.807) is 24.4 Å². The lowest BCUT2D eigenvalue weighted by atomic mass is 10.2. The SMILES string of the molecule is Cc1cc(OCC(=O)N/N=C/Cc2ccccc2)ccc1Cl. The number of halogens is 1. The first-order valence-electron chi connectivity index (χ1n) is 6.88. The number of amides is 1. The van der Waals surface area contributed by atoms with E-state index in [2.05, 4.69) is 10.5 Å². The fraction of sp³-hybridized carbons (Fsp3) is 0.176. The Balaban J connectivity index is 1.72. The molecule has 0 fully saturated rings. The lowest BCUT2D eigenvalue weighted by molar-refractivity contribution is -0.123. The van der Waals surface area contributed by atoms with Gasteiger partial charge in [0.25, 0.3) is 5.91 Å². The maximum Gasteiger partial charge on any atom is 0.277 e. The van der Waals surface area contributed by atoms with Gasteiger partial charge in [-0.05, 0) is 36.2 Å². The standard InChI is InChI=1S/C17H17ClN2O2/c1-13-11-15(7-8-16(13)18)22-12-17(21)20-19-10-9-14-5-3-2-4-6-14/h2-8,10-11H,9,12H2,1H3,(H,20,21)/b19-10+. The Hall–Kier alpha value is -2.33. The van der Waals surface area contributed by atoms with Crippen LogP contribution in [-0.4, -0.2) is 18.7 Å². The Morgan fingerprint density at radius 3 is 2.77 bits per heavy atom. The third-order valence-corrected chi connectivity index (χ3v) is 3.37. The molecule has 1 amide bonds. The van der Waals surface area contributed by atoms with Crippen LogP contribution >= 0.6 is 11.6 Å². The van der Waals surface area contributed by atoms with Crippen molar-refractivity contribution < 1.29 is 9.53 Å². The summed E-state index contributed by atoms with van der Waals surface area (Å²) in [5, 5.41) is 4.55. The summed E-state index contributed by atoms with van der Waals surface area (Å²) < 4.78 is 5.37. The van der Waals surface area contributed by atoms with Crippen LogP contribution in [0.15, 0.2) is 53.6 Å². The van der Waals surface area contributed by atoms with E-state index in [-0.39, 0.29) is 12.5 Å². The Morgan fingerprint density at radius 2 is 2.05 bits per heavy atom. The van der Waals surface area contributed by atoms with E-state index in [1.807, 2.05) is 37.3 Å².